The van der Waals surface area contributed by atoms with Gasteiger partial charge in [-0.15, -0.1) is 12.4 Å². The first kappa shape index (κ1) is 17.2. The van der Waals surface area contributed by atoms with Gasteiger partial charge < -0.3 is 19.9 Å². The van der Waals surface area contributed by atoms with E-state index in [0.717, 1.165) is 25.9 Å². The molecule has 1 atom stereocenters. The van der Waals surface area contributed by atoms with E-state index in [4.69, 9.17) is 4.74 Å². The van der Waals surface area contributed by atoms with E-state index < -0.39 is 0 Å². The average molecular weight is 306 g/mol. The first-order valence-electron chi connectivity index (χ1n) is 6.99. The van der Waals surface area contributed by atoms with Crippen molar-refractivity contribution in [1.82, 2.24) is 15.1 Å². The van der Waals surface area contributed by atoms with Crippen molar-refractivity contribution in [3.05, 3.63) is 0 Å². The van der Waals surface area contributed by atoms with E-state index in [9.17, 15) is 9.59 Å². The van der Waals surface area contributed by atoms with Crippen molar-refractivity contribution in [2.24, 2.45) is 5.92 Å². The van der Waals surface area contributed by atoms with Gasteiger partial charge in [0.25, 0.3) is 0 Å². The van der Waals surface area contributed by atoms with E-state index in [1.807, 2.05) is 0 Å². The molecular weight excluding hydrogens is 282 g/mol. The minimum atomic E-state index is 0. The number of nitrogens with one attached hydrogen (secondary N) is 1. The van der Waals surface area contributed by atoms with E-state index in [1.54, 1.807) is 16.8 Å². The minimum Gasteiger partial charge on any atom is -0.378 e. The highest BCUT2D eigenvalue weighted by molar-refractivity contribution is 5.86. The molecule has 2 aliphatic rings. The van der Waals surface area contributed by atoms with Gasteiger partial charge in [-0.1, -0.05) is 0 Å². The number of carbonyl (C=O) groups is 2. The number of likely N-dealkylation sites (N-methyl/N-ethyl adjacent to an activating group) is 1. The van der Waals surface area contributed by atoms with E-state index in [0.29, 0.717) is 26.3 Å². The van der Waals surface area contributed by atoms with Crippen LogP contribution in [0.1, 0.15) is 12.8 Å². The molecule has 0 aliphatic carbocycles. The number of amides is 2. The van der Waals surface area contributed by atoms with Gasteiger partial charge in [-0.2, -0.15) is 0 Å². The maximum atomic E-state index is 12.2. The molecule has 2 saturated heterocycles. The second-order valence-electron chi connectivity index (χ2n) is 5.23. The SMILES string of the molecule is CN(CC(=O)N1CCOCC1)C(=O)C1CCCNC1.Cl. The van der Waals surface area contributed by atoms with Crippen LogP contribution >= 0.6 is 12.4 Å². The Labute approximate surface area is 126 Å². The molecule has 0 aromatic heterocycles. The number of ether oxygens (including phenoxy) is 1. The fourth-order valence-electron chi connectivity index (χ4n) is 2.57. The zero-order chi connectivity index (χ0) is 13.7. The second-order valence-corrected chi connectivity index (χ2v) is 5.23. The Bertz CT molecular complexity index is 329. The average Bonchev–Trinajstić information content (AvgIpc) is 2.48. The van der Waals surface area contributed by atoms with Crippen molar-refractivity contribution in [2.75, 3.05) is 53.0 Å². The molecule has 0 saturated carbocycles. The van der Waals surface area contributed by atoms with Gasteiger partial charge in [0.05, 0.1) is 25.7 Å². The number of nitrogens with zero attached hydrogens (tertiary/aromatic N) is 2. The Morgan fingerprint density at radius 1 is 1.35 bits per heavy atom. The van der Waals surface area contributed by atoms with Crippen LogP contribution in [-0.2, 0) is 14.3 Å². The van der Waals surface area contributed by atoms with Crippen LogP contribution in [0, 0.1) is 5.92 Å². The van der Waals surface area contributed by atoms with Crippen LogP contribution in [0.4, 0.5) is 0 Å². The normalized spacial score (nSPS) is 22.9. The Balaban J connectivity index is 0.00000200. The number of hydrogen-bond acceptors (Lipinski definition) is 4. The highest BCUT2D eigenvalue weighted by Gasteiger charge is 2.26. The summed E-state index contributed by atoms with van der Waals surface area (Å²) in [6, 6.07) is 0. The number of rotatable bonds is 3. The van der Waals surface area contributed by atoms with E-state index in [-0.39, 0.29) is 36.7 Å². The Kier molecular flexibility index (Phi) is 7.26. The van der Waals surface area contributed by atoms with E-state index in [2.05, 4.69) is 5.32 Å². The monoisotopic (exact) mass is 305 g/mol. The third-order valence-electron chi connectivity index (χ3n) is 3.76. The zero-order valence-electron chi connectivity index (χ0n) is 12.0. The molecule has 1 N–H and O–H groups in total. The van der Waals surface area contributed by atoms with Crippen molar-refractivity contribution in [2.45, 2.75) is 12.8 Å². The van der Waals surface area contributed by atoms with Crippen LogP contribution < -0.4 is 5.32 Å². The zero-order valence-corrected chi connectivity index (χ0v) is 12.8. The molecule has 7 heteroatoms. The maximum Gasteiger partial charge on any atom is 0.242 e. The quantitative estimate of drug-likeness (QED) is 0.779. The molecule has 6 nitrogen and oxygen atoms in total. The van der Waals surface area contributed by atoms with Gasteiger partial charge in [0.1, 0.15) is 0 Å². The lowest BCUT2D eigenvalue weighted by Gasteiger charge is -2.30. The molecule has 2 heterocycles. The molecule has 116 valence electrons. The molecule has 0 spiro atoms. The first-order chi connectivity index (χ1) is 9.18. The number of hydrogen-bond donors (Lipinski definition) is 1. The molecule has 2 rings (SSSR count). The summed E-state index contributed by atoms with van der Waals surface area (Å²) in [6.07, 6.45) is 1.95. The molecule has 0 radical (unpaired) electrons. The van der Waals surface area contributed by atoms with Crippen molar-refractivity contribution >= 4 is 24.2 Å². The predicted octanol–water partition coefficient (Wildman–Crippen LogP) is -0.275. The predicted molar refractivity (Wildman–Crippen MR) is 77.9 cm³/mol. The lowest BCUT2D eigenvalue weighted by atomic mass is 9.98. The number of carbonyl (C=O) groups excluding carboxylic acids is 2. The minimum absolute atomic E-state index is 0. The fraction of sp³-hybridized carbons (Fsp3) is 0.846. The van der Waals surface area contributed by atoms with Gasteiger partial charge in [0, 0.05) is 26.7 Å². The van der Waals surface area contributed by atoms with Crippen molar-refractivity contribution < 1.29 is 14.3 Å². The van der Waals surface area contributed by atoms with Crippen molar-refractivity contribution in [1.29, 1.82) is 0 Å². The summed E-state index contributed by atoms with van der Waals surface area (Å²) < 4.78 is 5.21. The summed E-state index contributed by atoms with van der Waals surface area (Å²) >= 11 is 0. The van der Waals surface area contributed by atoms with Crippen LogP contribution in [0.5, 0.6) is 0 Å². The largest absolute Gasteiger partial charge is 0.378 e. The van der Waals surface area contributed by atoms with Gasteiger partial charge in [0.15, 0.2) is 0 Å². The smallest absolute Gasteiger partial charge is 0.242 e. The van der Waals surface area contributed by atoms with Crippen LogP contribution in [0.25, 0.3) is 0 Å². The Hall–Kier alpha value is -0.850. The molecular formula is C13H24ClN3O3. The summed E-state index contributed by atoms with van der Waals surface area (Å²) in [5.74, 6) is 0.118. The fourth-order valence-corrected chi connectivity index (χ4v) is 2.57. The van der Waals surface area contributed by atoms with Crippen LogP contribution in [0.3, 0.4) is 0 Å². The molecule has 0 bridgehead atoms. The van der Waals surface area contributed by atoms with Gasteiger partial charge in [-0.3, -0.25) is 9.59 Å². The van der Waals surface area contributed by atoms with Crippen molar-refractivity contribution in [3.8, 4) is 0 Å². The summed E-state index contributed by atoms with van der Waals surface area (Å²) in [5.41, 5.74) is 0. The Morgan fingerprint density at radius 2 is 2.05 bits per heavy atom. The lowest BCUT2D eigenvalue weighted by Crippen LogP contribution is -2.48. The van der Waals surface area contributed by atoms with E-state index >= 15 is 0 Å². The van der Waals surface area contributed by atoms with E-state index in [1.165, 1.54) is 0 Å². The van der Waals surface area contributed by atoms with Gasteiger partial charge in [-0.25, -0.2) is 0 Å². The molecule has 0 aromatic carbocycles. The van der Waals surface area contributed by atoms with Crippen LogP contribution in [0.2, 0.25) is 0 Å². The maximum absolute atomic E-state index is 12.2. The molecule has 2 aliphatic heterocycles. The standard InChI is InChI=1S/C13H23N3O3.ClH/c1-15(13(18)11-3-2-4-14-9-11)10-12(17)16-5-7-19-8-6-16;/h11,14H,2-10H2,1H3;1H. The topological polar surface area (TPSA) is 61.9 Å². The second kappa shape index (κ2) is 8.44. The van der Waals surface area contributed by atoms with Gasteiger partial charge >= 0.3 is 0 Å². The highest BCUT2D eigenvalue weighted by Crippen LogP contribution is 2.12. The van der Waals surface area contributed by atoms with Gasteiger partial charge in [0.2, 0.25) is 11.8 Å². The summed E-state index contributed by atoms with van der Waals surface area (Å²) in [4.78, 5) is 27.6. The molecule has 1 unspecified atom stereocenters. The van der Waals surface area contributed by atoms with Gasteiger partial charge in [-0.05, 0) is 19.4 Å². The highest BCUT2D eigenvalue weighted by atomic mass is 35.5. The molecule has 2 fully saturated rings. The van der Waals surface area contributed by atoms with Crippen molar-refractivity contribution in [3.63, 3.8) is 0 Å². The van der Waals surface area contributed by atoms with Crippen LogP contribution in [-0.4, -0.2) is 74.6 Å². The number of piperidine rings is 1. The Morgan fingerprint density at radius 3 is 2.65 bits per heavy atom. The summed E-state index contributed by atoms with van der Waals surface area (Å²) in [5, 5.41) is 3.23. The summed E-state index contributed by atoms with van der Waals surface area (Å²) in [7, 11) is 1.72. The molecule has 0 aromatic rings. The third kappa shape index (κ3) is 4.61. The third-order valence-corrected chi connectivity index (χ3v) is 3.76. The number of morpholine rings is 1. The number of halogens is 1. The first-order valence-corrected chi connectivity index (χ1v) is 6.99. The van der Waals surface area contributed by atoms with Crippen LogP contribution in [0.15, 0.2) is 0 Å². The molecule has 2 amide bonds. The summed E-state index contributed by atoms with van der Waals surface area (Å²) in [6.45, 7) is 4.34. The lowest BCUT2D eigenvalue weighted by molar-refractivity contribution is -0.144. The molecule has 20 heavy (non-hydrogen) atoms.